The lowest BCUT2D eigenvalue weighted by molar-refractivity contribution is 0.143. The van der Waals surface area contributed by atoms with Gasteiger partial charge >= 0.3 is 0 Å². The SMILES string of the molecule is CN=C(NCc1cccnc1OCCOC)NC1CCc2nc(COC)nn2C1.I. The Labute approximate surface area is 193 Å². The van der Waals surface area contributed by atoms with Crippen LogP contribution in [0.2, 0.25) is 0 Å². The van der Waals surface area contributed by atoms with E-state index in [1.54, 1.807) is 27.5 Å². The summed E-state index contributed by atoms with van der Waals surface area (Å²) in [6.07, 6.45) is 3.55. The van der Waals surface area contributed by atoms with Gasteiger partial charge in [0.05, 0.1) is 13.2 Å². The van der Waals surface area contributed by atoms with Crippen LogP contribution in [0, 0.1) is 0 Å². The van der Waals surface area contributed by atoms with E-state index in [1.807, 2.05) is 16.8 Å². The van der Waals surface area contributed by atoms with Crippen LogP contribution in [-0.4, -0.2) is 66.2 Å². The quantitative estimate of drug-likeness (QED) is 0.215. The van der Waals surface area contributed by atoms with Crippen LogP contribution in [0.1, 0.15) is 23.6 Å². The molecule has 1 aliphatic rings. The van der Waals surface area contributed by atoms with Crippen molar-refractivity contribution in [2.24, 2.45) is 4.99 Å². The van der Waals surface area contributed by atoms with Crippen LogP contribution >= 0.6 is 24.0 Å². The van der Waals surface area contributed by atoms with E-state index in [2.05, 4.69) is 30.7 Å². The average Bonchev–Trinajstić information content (AvgIpc) is 3.14. The molecule has 1 atom stereocenters. The van der Waals surface area contributed by atoms with E-state index in [0.717, 1.165) is 42.6 Å². The highest BCUT2D eigenvalue weighted by atomic mass is 127. The number of aryl methyl sites for hydroxylation is 1. The van der Waals surface area contributed by atoms with E-state index >= 15 is 0 Å². The molecule has 0 saturated heterocycles. The van der Waals surface area contributed by atoms with Crippen LogP contribution in [0.15, 0.2) is 23.3 Å². The number of ether oxygens (including phenoxy) is 3. The lowest BCUT2D eigenvalue weighted by Crippen LogP contribution is -2.46. The Morgan fingerprint density at radius 3 is 2.93 bits per heavy atom. The minimum atomic E-state index is 0. The Bertz CT molecular complexity index is 815. The van der Waals surface area contributed by atoms with E-state index < -0.39 is 0 Å². The van der Waals surface area contributed by atoms with Crippen LogP contribution in [0.5, 0.6) is 5.88 Å². The van der Waals surface area contributed by atoms with Gasteiger partial charge in [-0.15, -0.1) is 24.0 Å². The van der Waals surface area contributed by atoms with Crippen molar-refractivity contribution in [1.29, 1.82) is 0 Å². The first kappa shape index (κ1) is 24.3. The highest BCUT2D eigenvalue weighted by Crippen LogP contribution is 2.15. The molecule has 0 aliphatic carbocycles. The summed E-state index contributed by atoms with van der Waals surface area (Å²) >= 11 is 0. The number of guanidine groups is 1. The Morgan fingerprint density at radius 1 is 1.30 bits per heavy atom. The number of fused-ring (bicyclic) bond motifs is 1. The number of rotatable bonds is 9. The van der Waals surface area contributed by atoms with Gasteiger partial charge in [0.2, 0.25) is 5.88 Å². The molecular formula is C19H30IN7O3. The van der Waals surface area contributed by atoms with Gasteiger partial charge in [-0.2, -0.15) is 5.10 Å². The molecule has 3 rings (SSSR count). The molecule has 10 nitrogen and oxygen atoms in total. The highest BCUT2D eigenvalue weighted by molar-refractivity contribution is 14.0. The first-order valence-corrected chi connectivity index (χ1v) is 9.67. The number of aromatic nitrogens is 4. The van der Waals surface area contributed by atoms with Crippen molar-refractivity contribution < 1.29 is 14.2 Å². The van der Waals surface area contributed by atoms with Crippen molar-refractivity contribution in [3.05, 3.63) is 35.5 Å². The topological polar surface area (TPSA) is 108 Å². The maximum Gasteiger partial charge on any atom is 0.218 e. The van der Waals surface area contributed by atoms with Gasteiger partial charge in [0.15, 0.2) is 11.8 Å². The molecule has 2 aromatic rings. The van der Waals surface area contributed by atoms with Crippen LogP contribution in [0.3, 0.4) is 0 Å². The van der Waals surface area contributed by atoms with E-state index in [0.29, 0.717) is 32.2 Å². The number of hydrogen-bond acceptors (Lipinski definition) is 7. The minimum absolute atomic E-state index is 0. The number of aliphatic imine (C=N–C) groups is 1. The summed E-state index contributed by atoms with van der Waals surface area (Å²) in [5.41, 5.74) is 0.956. The molecule has 0 spiro atoms. The largest absolute Gasteiger partial charge is 0.475 e. The molecule has 1 aliphatic heterocycles. The van der Waals surface area contributed by atoms with Crippen molar-refractivity contribution in [3.63, 3.8) is 0 Å². The average molecular weight is 531 g/mol. The molecule has 166 valence electrons. The van der Waals surface area contributed by atoms with Crippen LogP contribution < -0.4 is 15.4 Å². The van der Waals surface area contributed by atoms with E-state index in [4.69, 9.17) is 14.2 Å². The molecule has 30 heavy (non-hydrogen) atoms. The third-order valence-corrected chi connectivity index (χ3v) is 4.56. The molecular weight excluding hydrogens is 501 g/mol. The summed E-state index contributed by atoms with van der Waals surface area (Å²) < 4.78 is 17.8. The monoisotopic (exact) mass is 531 g/mol. The minimum Gasteiger partial charge on any atom is -0.475 e. The van der Waals surface area contributed by atoms with Gasteiger partial charge in [-0.25, -0.2) is 14.6 Å². The molecule has 0 amide bonds. The van der Waals surface area contributed by atoms with Gasteiger partial charge in [0, 0.05) is 52.0 Å². The Hall–Kier alpha value is -1.99. The number of hydrogen-bond donors (Lipinski definition) is 2. The number of methoxy groups -OCH3 is 2. The second-order valence-electron chi connectivity index (χ2n) is 6.67. The predicted molar refractivity (Wildman–Crippen MR) is 123 cm³/mol. The predicted octanol–water partition coefficient (Wildman–Crippen LogP) is 1.14. The summed E-state index contributed by atoms with van der Waals surface area (Å²) in [6.45, 7) is 2.70. The summed E-state index contributed by atoms with van der Waals surface area (Å²) in [7, 11) is 5.05. The molecule has 0 aromatic carbocycles. The van der Waals surface area contributed by atoms with Gasteiger partial charge in [0.25, 0.3) is 0 Å². The lowest BCUT2D eigenvalue weighted by atomic mass is 10.1. The first-order chi connectivity index (χ1) is 14.2. The zero-order valence-electron chi connectivity index (χ0n) is 17.6. The zero-order chi connectivity index (χ0) is 20.5. The maximum atomic E-state index is 5.69. The fourth-order valence-corrected chi connectivity index (χ4v) is 3.15. The van der Waals surface area contributed by atoms with Crippen molar-refractivity contribution in [2.45, 2.75) is 38.6 Å². The van der Waals surface area contributed by atoms with Crippen molar-refractivity contribution in [1.82, 2.24) is 30.4 Å². The van der Waals surface area contributed by atoms with E-state index in [9.17, 15) is 0 Å². The highest BCUT2D eigenvalue weighted by Gasteiger charge is 2.22. The number of nitrogens with one attached hydrogen (secondary N) is 2. The van der Waals surface area contributed by atoms with Crippen molar-refractivity contribution >= 4 is 29.9 Å². The van der Waals surface area contributed by atoms with Crippen molar-refractivity contribution in [2.75, 3.05) is 34.5 Å². The van der Waals surface area contributed by atoms with Gasteiger partial charge in [-0.1, -0.05) is 6.07 Å². The van der Waals surface area contributed by atoms with Gasteiger partial charge < -0.3 is 24.8 Å². The molecule has 2 aromatic heterocycles. The van der Waals surface area contributed by atoms with Crippen LogP contribution in [0.25, 0.3) is 0 Å². The Kier molecular flexibility index (Phi) is 10.2. The summed E-state index contributed by atoms with van der Waals surface area (Å²) in [5.74, 6) is 3.06. The third-order valence-electron chi connectivity index (χ3n) is 4.56. The fourth-order valence-electron chi connectivity index (χ4n) is 3.15. The number of nitrogens with zero attached hydrogens (tertiary/aromatic N) is 5. The van der Waals surface area contributed by atoms with Gasteiger partial charge in [0.1, 0.15) is 19.0 Å². The Morgan fingerprint density at radius 2 is 2.17 bits per heavy atom. The fraction of sp³-hybridized carbons (Fsp3) is 0.579. The summed E-state index contributed by atoms with van der Waals surface area (Å²) in [6, 6.07) is 4.09. The van der Waals surface area contributed by atoms with Gasteiger partial charge in [-0.05, 0) is 12.5 Å². The first-order valence-electron chi connectivity index (χ1n) is 9.67. The smallest absolute Gasteiger partial charge is 0.218 e. The zero-order valence-corrected chi connectivity index (χ0v) is 20.0. The molecule has 0 bridgehead atoms. The summed E-state index contributed by atoms with van der Waals surface area (Å²) in [4.78, 5) is 13.2. The third kappa shape index (κ3) is 6.77. The number of pyridine rings is 1. The molecule has 2 N–H and O–H groups in total. The van der Waals surface area contributed by atoms with Crippen LogP contribution in [0.4, 0.5) is 0 Å². The van der Waals surface area contributed by atoms with Gasteiger partial charge in [-0.3, -0.25) is 4.99 Å². The van der Waals surface area contributed by atoms with Crippen LogP contribution in [-0.2, 0) is 35.6 Å². The van der Waals surface area contributed by atoms with Crippen molar-refractivity contribution in [3.8, 4) is 5.88 Å². The second-order valence-corrected chi connectivity index (χ2v) is 6.67. The maximum absolute atomic E-state index is 5.69. The molecule has 0 fully saturated rings. The molecule has 1 unspecified atom stereocenters. The summed E-state index contributed by atoms with van der Waals surface area (Å²) in [5, 5.41) is 11.3. The standard InChI is InChI=1S/C19H29N7O3.HI/c1-20-19(22-11-14-5-4-8-21-18(14)29-10-9-27-2)23-15-6-7-17-24-16(13-28-3)25-26(17)12-15;/h4-5,8,15H,6-7,9-13H2,1-3H3,(H2,20,22,23);1H. The lowest BCUT2D eigenvalue weighted by Gasteiger charge is -2.25. The molecule has 0 radical (unpaired) electrons. The Balaban J connectivity index is 0.00000320. The molecule has 0 saturated carbocycles. The van der Waals surface area contributed by atoms with E-state index in [1.165, 1.54) is 0 Å². The van der Waals surface area contributed by atoms with E-state index in [-0.39, 0.29) is 30.0 Å². The number of halogens is 1. The second kappa shape index (κ2) is 12.6. The molecule has 3 heterocycles. The molecule has 11 heteroatoms. The normalized spacial score (nSPS) is 15.8.